The molecule has 124 valence electrons. The molecule has 1 unspecified atom stereocenters. The molecule has 8 heteroatoms. The number of carbonyl (C=O) groups excluding carboxylic acids is 1. The maximum atomic E-state index is 11.9. The third-order valence-electron chi connectivity index (χ3n) is 3.58. The van der Waals surface area contributed by atoms with Gasteiger partial charge in [-0.05, 0) is 51.1 Å². The summed E-state index contributed by atoms with van der Waals surface area (Å²) in [4.78, 5) is 12.0. The molecule has 3 N–H and O–H groups in total. The highest BCUT2D eigenvalue weighted by Crippen LogP contribution is 2.16. The molecule has 0 bridgehead atoms. The van der Waals surface area contributed by atoms with Gasteiger partial charge in [-0.1, -0.05) is 6.07 Å². The van der Waals surface area contributed by atoms with Crippen molar-refractivity contribution in [1.29, 1.82) is 0 Å². The summed E-state index contributed by atoms with van der Waals surface area (Å²) in [6, 6.07) is 6.66. The van der Waals surface area contributed by atoms with Gasteiger partial charge in [0.1, 0.15) is 0 Å². The highest BCUT2D eigenvalue weighted by molar-refractivity contribution is 7.89. The van der Waals surface area contributed by atoms with E-state index in [-0.39, 0.29) is 23.2 Å². The van der Waals surface area contributed by atoms with Gasteiger partial charge in [-0.25, -0.2) is 13.1 Å². The lowest BCUT2D eigenvalue weighted by molar-refractivity contribution is -0.116. The van der Waals surface area contributed by atoms with E-state index in [0.29, 0.717) is 18.2 Å². The van der Waals surface area contributed by atoms with Gasteiger partial charge in [0.05, 0.1) is 4.90 Å². The lowest BCUT2D eigenvalue weighted by Gasteiger charge is -2.10. The van der Waals surface area contributed by atoms with E-state index >= 15 is 0 Å². The molecule has 1 aromatic rings. The topological polar surface area (TPSA) is 87.3 Å². The van der Waals surface area contributed by atoms with Crippen LogP contribution < -0.4 is 15.4 Å². The summed E-state index contributed by atoms with van der Waals surface area (Å²) in [5.41, 5.74) is 0.496. The number of amides is 1. The summed E-state index contributed by atoms with van der Waals surface area (Å²) in [6.45, 7) is 1.02. The number of rotatable bonds is 6. The minimum Gasteiger partial charge on any atom is -0.326 e. The van der Waals surface area contributed by atoms with Crippen molar-refractivity contribution in [2.75, 3.05) is 18.9 Å². The van der Waals surface area contributed by atoms with Gasteiger partial charge in [-0.3, -0.25) is 4.79 Å². The zero-order chi connectivity index (χ0) is 15.3. The van der Waals surface area contributed by atoms with E-state index in [0.717, 1.165) is 25.8 Å². The predicted molar refractivity (Wildman–Crippen MR) is 88.8 cm³/mol. The Bertz CT molecular complexity index is 601. The van der Waals surface area contributed by atoms with E-state index in [9.17, 15) is 13.2 Å². The normalized spacial score (nSPS) is 17.8. The first kappa shape index (κ1) is 18.9. The van der Waals surface area contributed by atoms with E-state index in [1.54, 1.807) is 12.1 Å². The molecule has 0 aliphatic carbocycles. The predicted octanol–water partition coefficient (Wildman–Crippen LogP) is 1.49. The third-order valence-corrected chi connectivity index (χ3v) is 4.99. The Hall–Kier alpha value is -1.15. The lowest BCUT2D eigenvalue weighted by Crippen LogP contribution is -2.23. The van der Waals surface area contributed by atoms with Gasteiger partial charge in [-0.2, -0.15) is 0 Å². The van der Waals surface area contributed by atoms with Crippen LogP contribution in [-0.4, -0.2) is 34.0 Å². The summed E-state index contributed by atoms with van der Waals surface area (Å²) < 4.78 is 25.7. The van der Waals surface area contributed by atoms with Crippen molar-refractivity contribution in [3.8, 4) is 0 Å². The molecule has 0 aromatic heterocycles. The number of sulfonamides is 1. The highest BCUT2D eigenvalue weighted by Gasteiger charge is 2.16. The lowest BCUT2D eigenvalue weighted by atomic mass is 10.1. The average molecular weight is 348 g/mol. The van der Waals surface area contributed by atoms with E-state index in [2.05, 4.69) is 15.4 Å². The molecule has 0 saturated carbocycles. The van der Waals surface area contributed by atoms with E-state index in [1.165, 1.54) is 19.2 Å². The Morgan fingerprint density at radius 1 is 1.41 bits per heavy atom. The number of hydrogen-bond donors (Lipinski definition) is 3. The zero-order valence-electron chi connectivity index (χ0n) is 12.5. The summed E-state index contributed by atoms with van der Waals surface area (Å²) in [6.07, 6.45) is 3.51. The van der Waals surface area contributed by atoms with Crippen molar-refractivity contribution in [1.82, 2.24) is 10.0 Å². The SMILES string of the molecule is CNS(=O)(=O)c1cccc(NC(=O)CCC2CCCN2)c1.Cl. The maximum Gasteiger partial charge on any atom is 0.240 e. The van der Waals surface area contributed by atoms with Crippen molar-refractivity contribution in [2.24, 2.45) is 0 Å². The molecule has 1 fully saturated rings. The van der Waals surface area contributed by atoms with Crippen LogP contribution >= 0.6 is 12.4 Å². The van der Waals surface area contributed by atoms with Crippen LogP contribution in [0.15, 0.2) is 29.2 Å². The first-order valence-electron chi connectivity index (χ1n) is 7.08. The molecule has 2 rings (SSSR count). The van der Waals surface area contributed by atoms with Gasteiger partial charge >= 0.3 is 0 Å². The average Bonchev–Trinajstić information content (AvgIpc) is 2.99. The molecule has 22 heavy (non-hydrogen) atoms. The summed E-state index contributed by atoms with van der Waals surface area (Å²) in [5, 5.41) is 6.09. The fourth-order valence-electron chi connectivity index (χ4n) is 2.39. The Morgan fingerprint density at radius 2 is 2.18 bits per heavy atom. The van der Waals surface area contributed by atoms with Crippen LogP contribution in [-0.2, 0) is 14.8 Å². The van der Waals surface area contributed by atoms with E-state index in [1.807, 2.05) is 0 Å². The standard InChI is InChI=1S/C14H21N3O3S.ClH/c1-15-21(19,20)13-6-2-4-12(10-13)17-14(18)8-7-11-5-3-9-16-11;/h2,4,6,10-11,15-16H,3,5,7-9H2,1H3,(H,17,18);1H. The molecule has 6 nitrogen and oxygen atoms in total. The number of halogens is 1. The maximum absolute atomic E-state index is 11.9. The van der Waals surface area contributed by atoms with Crippen molar-refractivity contribution in [3.05, 3.63) is 24.3 Å². The monoisotopic (exact) mass is 347 g/mol. The summed E-state index contributed by atoms with van der Waals surface area (Å²) in [5.74, 6) is -0.0947. The number of benzene rings is 1. The van der Waals surface area contributed by atoms with Gasteiger partial charge in [-0.15, -0.1) is 12.4 Å². The van der Waals surface area contributed by atoms with Crippen LogP contribution in [0.1, 0.15) is 25.7 Å². The Balaban J connectivity index is 0.00000242. The Labute approximate surface area is 137 Å². The third kappa shape index (κ3) is 5.24. The van der Waals surface area contributed by atoms with E-state index in [4.69, 9.17) is 0 Å². The molecule has 1 amide bonds. The summed E-state index contributed by atoms with van der Waals surface area (Å²) >= 11 is 0. The molecule has 1 aliphatic rings. The van der Waals surface area contributed by atoms with Crippen molar-refractivity contribution < 1.29 is 13.2 Å². The van der Waals surface area contributed by atoms with Gasteiger partial charge in [0, 0.05) is 18.2 Å². The van der Waals surface area contributed by atoms with Crippen molar-refractivity contribution >= 4 is 34.0 Å². The second-order valence-corrected chi connectivity index (χ2v) is 7.00. The second-order valence-electron chi connectivity index (χ2n) is 5.12. The minimum absolute atomic E-state index is 0. The number of anilines is 1. The molecule has 1 saturated heterocycles. The molecule has 1 aliphatic heterocycles. The van der Waals surface area contributed by atoms with Crippen LogP contribution in [0, 0.1) is 0 Å². The molecular formula is C14H22ClN3O3S. The van der Waals surface area contributed by atoms with Gasteiger partial charge in [0.15, 0.2) is 0 Å². The molecule has 1 atom stereocenters. The molecule has 0 spiro atoms. The van der Waals surface area contributed by atoms with Gasteiger partial charge in [0.2, 0.25) is 15.9 Å². The van der Waals surface area contributed by atoms with Crippen LogP contribution in [0.25, 0.3) is 0 Å². The minimum atomic E-state index is -3.49. The van der Waals surface area contributed by atoms with Crippen LogP contribution in [0.5, 0.6) is 0 Å². The molecule has 1 heterocycles. The fraction of sp³-hybridized carbons (Fsp3) is 0.500. The van der Waals surface area contributed by atoms with Crippen LogP contribution in [0.3, 0.4) is 0 Å². The summed E-state index contributed by atoms with van der Waals surface area (Å²) in [7, 11) is -2.14. The quantitative estimate of drug-likeness (QED) is 0.727. The van der Waals surface area contributed by atoms with E-state index < -0.39 is 10.0 Å². The Kier molecular flexibility index (Phi) is 7.28. The second kappa shape index (κ2) is 8.47. The molecule has 1 aromatic carbocycles. The van der Waals surface area contributed by atoms with Gasteiger partial charge < -0.3 is 10.6 Å². The zero-order valence-corrected chi connectivity index (χ0v) is 14.1. The molecule has 0 radical (unpaired) electrons. The van der Waals surface area contributed by atoms with Crippen molar-refractivity contribution in [3.63, 3.8) is 0 Å². The number of carbonyl (C=O) groups is 1. The Morgan fingerprint density at radius 3 is 2.82 bits per heavy atom. The van der Waals surface area contributed by atoms with Crippen LogP contribution in [0.2, 0.25) is 0 Å². The smallest absolute Gasteiger partial charge is 0.240 e. The first-order chi connectivity index (χ1) is 10.0. The molecular weight excluding hydrogens is 326 g/mol. The van der Waals surface area contributed by atoms with Crippen LogP contribution in [0.4, 0.5) is 5.69 Å². The largest absolute Gasteiger partial charge is 0.326 e. The van der Waals surface area contributed by atoms with Crippen molar-refractivity contribution in [2.45, 2.75) is 36.6 Å². The first-order valence-corrected chi connectivity index (χ1v) is 8.56. The number of hydrogen-bond acceptors (Lipinski definition) is 4. The highest BCUT2D eigenvalue weighted by atomic mass is 35.5. The van der Waals surface area contributed by atoms with Gasteiger partial charge in [0.25, 0.3) is 0 Å². The fourth-order valence-corrected chi connectivity index (χ4v) is 3.17. The number of nitrogens with one attached hydrogen (secondary N) is 3.